The molecule has 4 nitrogen and oxygen atoms in total. The SMILES string of the molecule is CCC(CC)(CNC(C)CC1CCCN1C(=O)OC(C)(C)C)SC. The second-order valence-electron chi connectivity index (χ2n) is 8.08. The third-order valence-corrected chi connectivity index (χ3v) is 6.71. The predicted octanol–water partition coefficient (Wildman–Crippen LogP) is 4.68. The number of ether oxygens (including phenoxy) is 1. The molecule has 0 saturated carbocycles. The molecule has 1 amide bonds. The highest BCUT2D eigenvalue weighted by Gasteiger charge is 2.33. The van der Waals surface area contributed by atoms with Crippen molar-refractivity contribution >= 4 is 17.9 Å². The number of carbonyl (C=O) groups is 1. The number of hydrogen-bond donors (Lipinski definition) is 1. The average Bonchev–Trinajstić information content (AvgIpc) is 2.96. The zero-order valence-electron chi connectivity index (χ0n) is 16.8. The van der Waals surface area contributed by atoms with Crippen LogP contribution in [0, 0.1) is 0 Å². The van der Waals surface area contributed by atoms with E-state index in [9.17, 15) is 4.79 Å². The van der Waals surface area contributed by atoms with Crippen molar-refractivity contribution in [1.29, 1.82) is 0 Å². The third-order valence-electron chi connectivity index (χ3n) is 5.13. The minimum Gasteiger partial charge on any atom is -0.444 e. The zero-order valence-corrected chi connectivity index (χ0v) is 17.6. The minimum atomic E-state index is -0.422. The maximum Gasteiger partial charge on any atom is 0.410 e. The molecule has 5 heteroatoms. The number of nitrogens with zero attached hydrogens (tertiary/aromatic N) is 1. The van der Waals surface area contributed by atoms with Crippen LogP contribution in [0.1, 0.15) is 73.6 Å². The van der Waals surface area contributed by atoms with E-state index in [1.807, 2.05) is 37.4 Å². The first-order valence-electron chi connectivity index (χ1n) is 9.44. The van der Waals surface area contributed by atoms with Gasteiger partial charge >= 0.3 is 6.09 Å². The molecule has 0 aromatic carbocycles. The molecule has 0 spiro atoms. The fourth-order valence-corrected chi connectivity index (χ4v) is 4.16. The molecule has 142 valence electrons. The van der Waals surface area contributed by atoms with Crippen LogP contribution in [0.5, 0.6) is 0 Å². The maximum atomic E-state index is 12.4. The topological polar surface area (TPSA) is 41.6 Å². The molecule has 1 fully saturated rings. The van der Waals surface area contributed by atoms with Gasteiger partial charge in [-0.05, 0) is 66.1 Å². The fraction of sp³-hybridized carbons (Fsp3) is 0.947. The van der Waals surface area contributed by atoms with E-state index in [0.29, 0.717) is 16.8 Å². The summed E-state index contributed by atoms with van der Waals surface area (Å²) in [6, 6.07) is 0.706. The molecule has 0 aromatic heterocycles. The van der Waals surface area contributed by atoms with Crippen LogP contribution < -0.4 is 5.32 Å². The van der Waals surface area contributed by atoms with Gasteiger partial charge in [0, 0.05) is 29.9 Å². The van der Waals surface area contributed by atoms with Gasteiger partial charge in [0.05, 0.1) is 0 Å². The summed E-state index contributed by atoms with van der Waals surface area (Å²) in [5, 5.41) is 3.71. The molecule has 2 unspecified atom stereocenters. The lowest BCUT2D eigenvalue weighted by Crippen LogP contribution is -2.45. The summed E-state index contributed by atoms with van der Waals surface area (Å²) >= 11 is 1.97. The van der Waals surface area contributed by atoms with E-state index in [0.717, 1.165) is 32.4 Å². The number of carbonyl (C=O) groups excluding carboxylic acids is 1. The lowest BCUT2D eigenvalue weighted by atomic mass is 10.0. The molecule has 0 bridgehead atoms. The van der Waals surface area contributed by atoms with Gasteiger partial charge in [0.1, 0.15) is 5.60 Å². The third kappa shape index (κ3) is 6.47. The first kappa shape index (κ1) is 21.6. The van der Waals surface area contributed by atoms with Crippen LogP contribution in [-0.4, -0.2) is 52.8 Å². The van der Waals surface area contributed by atoms with E-state index in [1.165, 1.54) is 12.8 Å². The number of nitrogens with one attached hydrogen (secondary N) is 1. The van der Waals surface area contributed by atoms with Crippen LogP contribution in [0.15, 0.2) is 0 Å². The Labute approximate surface area is 153 Å². The van der Waals surface area contributed by atoms with Crippen molar-refractivity contribution in [1.82, 2.24) is 10.2 Å². The standard InChI is InChI=1S/C19H38N2O2S/c1-8-19(9-2,24-7)14-20-15(3)13-16-11-10-12-21(16)17(22)23-18(4,5)6/h15-16,20H,8-14H2,1-7H3. The molecule has 0 aliphatic carbocycles. The fourth-order valence-electron chi connectivity index (χ4n) is 3.35. The number of hydrogen-bond acceptors (Lipinski definition) is 4. The summed E-state index contributed by atoms with van der Waals surface area (Å²) in [7, 11) is 0. The van der Waals surface area contributed by atoms with Crippen molar-refractivity contribution < 1.29 is 9.53 Å². The number of likely N-dealkylation sites (tertiary alicyclic amines) is 1. The molecule has 0 aromatic rings. The highest BCUT2D eigenvalue weighted by Crippen LogP contribution is 2.30. The second kappa shape index (κ2) is 9.33. The van der Waals surface area contributed by atoms with Gasteiger partial charge in [0.15, 0.2) is 0 Å². The number of thioether (sulfide) groups is 1. The van der Waals surface area contributed by atoms with E-state index in [-0.39, 0.29) is 6.09 Å². The van der Waals surface area contributed by atoms with Crippen molar-refractivity contribution in [2.45, 2.75) is 96.1 Å². The van der Waals surface area contributed by atoms with Gasteiger partial charge in [0.2, 0.25) is 0 Å². The summed E-state index contributed by atoms with van der Waals surface area (Å²) in [5.74, 6) is 0. The van der Waals surface area contributed by atoms with Crippen molar-refractivity contribution in [2.75, 3.05) is 19.3 Å². The molecule has 24 heavy (non-hydrogen) atoms. The Morgan fingerprint density at radius 3 is 2.46 bits per heavy atom. The van der Waals surface area contributed by atoms with Gasteiger partial charge in [-0.3, -0.25) is 0 Å². The van der Waals surface area contributed by atoms with E-state index in [1.54, 1.807) is 0 Å². The quantitative estimate of drug-likeness (QED) is 0.684. The Morgan fingerprint density at radius 2 is 1.96 bits per heavy atom. The van der Waals surface area contributed by atoms with Crippen molar-refractivity contribution in [3.05, 3.63) is 0 Å². The van der Waals surface area contributed by atoms with E-state index in [2.05, 4.69) is 32.3 Å². The molecular weight excluding hydrogens is 320 g/mol. The van der Waals surface area contributed by atoms with Gasteiger partial charge in [0.25, 0.3) is 0 Å². The summed E-state index contributed by atoms with van der Waals surface area (Å²) in [6.07, 6.45) is 7.57. The largest absolute Gasteiger partial charge is 0.444 e. The zero-order chi connectivity index (χ0) is 18.4. The molecule has 1 heterocycles. The molecule has 0 radical (unpaired) electrons. The minimum absolute atomic E-state index is 0.155. The lowest BCUT2D eigenvalue weighted by Gasteiger charge is -2.33. The maximum absolute atomic E-state index is 12.4. The van der Waals surface area contributed by atoms with Crippen LogP contribution in [0.2, 0.25) is 0 Å². The number of rotatable bonds is 8. The smallest absolute Gasteiger partial charge is 0.410 e. The van der Waals surface area contributed by atoms with Gasteiger partial charge in [-0.25, -0.2) is 4.79 Å². The molecule has 1 N–H and O–H groups in total. The summed E-state index contributed by atoms with van der Waals surface area (Å²) in [6.45, 7) is 14.4. The Hall–Kier alpha value is -0.420. The molecular formula is C19H38N2O2S. The van der Waals surface area contributed by atoms with Gasteiger partial charge < -0.3 is 15.0 Å². The molecule has 1 saturated heterocycles. The predicted molar refractivity (Wildman–Crippen MR) is 105 cm³/mol. The summed E-state index contributed by atoms with van der Waals surface area (Å²) in [5.41, 5.74) is -0.422. The normalized spacial score (nSPS) is 20.3. The molecule has 2 atom stereocenters. The monoisotopic (exact) mass is 358 g/mol. The Kier molecular flexibility index (Phi) is 8.40. The Morgan fingerprint density at radius 1 is 1.33 bits per heavy atom. The van der Waals surface area contributed by atoms with Gasteiger partial charge in [-0.1, -0.05) is 13.8 Å². The van der Waals surface area contributed by atoms with Crippen LogP contribution >= 0.6 is 11.8 Å². The molecule has 1 aliphatic rings. The lowest BCUT2D eigenvalue weighted by molar-refractivity contribution is 0.0214. The second-order valence-corrected chi connectivity index (χ2v) is 9.36. The van der Waals surface area contributed by atoms with E-state index >= 15 is 0 Å². The highest BCUT2D eigenvalue weighted by molar-refractivity contribution is 8.00. The van der Waals surface area contributed by atoms with Crippen molar-refractivity contribution in [2.24, 2.45) is 0 Å². The number of amides is 1. The van der Waals surface area contributed by atoms with E-state index in [4.69, 9.17) is 4.74 Å². The van der Waals surface area contributed by atoms with Gasteiger partial charge in [-0.15, -0.1) is 0 Å². The summed E-state index contributed by atoms with van der Waals surface area (Å²) in [4.78, 5) is 14.3. The van der Waals surface area contributed by atoms with E-state index < -0.39 is 5.60 Å². The molecule has 1 aliphatic heterocycles. The first-order chi connectivity index (χ1) is 11.2. The van der Waals surface area contributed by atoms with Crippen LogP contribution in [0.4, 0.5) is 4.79 Å². The van der Waals surface area contributed by atoms with Crippen LogP contribution in [-0.2, 0) is 4.74 Å². The van der Waals surface area contributed by atoms with Gasteiger partial charge in [-0.2, -0.15) is 11.8 Å². The summed E-state index contributed by atoms with van der Waals surface area (Å²) < 4.78 is 5.89. The Balaban J connectivity index is 2.53. The highest BCUT2D eigenvalue weighted by atomic mass is 32.2. The molecule has 1 rings (SSSR count). The Bertz CT molecular complexity index is 383. The van der Waals surface area contributed by atoms with Crippen LogP contribution in [0.3, 0.4) is 0 Å². The first-order valence-corrected chi connectivity index (χ1v) is 10.7. The van der Waals surface area contributed by atoms with Crippen molar-refractivity contribution in [3.63, 3.8) is 0 Å². The van der Waals surface area contributed by atoms with Crippen LogP contribution in [0.25, 0.3) is 0 Å². The van der Waals surface area contributed by atoms with Crippen molar-refractivity contribution in [3.8, 4) is 0 Å². The average molecular weight is 359 g/mol.